The van der Waals surface area contributed by atoms with Crippen LogP contribution < -0.4 is 5.09 Å². The molecule has 0 saturated heterocycles. The Kier molecular flexibility index (Phi) is 6.41. The Morgan fingerprint density at radius 1 is 0.958 bits per heavy atom. The molecule has 3 nitrogen and oxygen atoms in total. The minimum atomic E-state index is -0.505. The lowest BCUT2D eigenvalue weighted by atomic mass is 9.87. The number of carbonyl (C=O) groups excluding carboxylic acids is 1. The summed E-state index contributed by atoms with van der Waals surface area (Å²) in [5, 5.41) is 2.75. The highest BCUT2D eigenvalue weighted by atomic mass is 31.0. The molecule has 2 rings (SSSR count). The lowest BCUT2D eigenvalue weighted by molar-refractivity contribution is -0.150. The van der Waals surface area contributed by atoms with Gasteiger partial charge in [0.05, 0.1) is 0 Å². The van der Waals surface area contributed by atoms with Crippen LogP contribution in [0.15, 0.2) is 48.5 Å². The van der Waals surface area contributed by atoms with Crippen LogP contribution in [0.2, 0.25) is 0 Å². The van der Waals surface area contributed by atoms with Crippen molar-refractivity contribution in [1.82, 2.24) is 5.09 Å². The number of benzene rings is 2. The van der Waals surface area contributed by atoms with Crippen molar-refractivity contribution in [2.45, 2.75) is 31.9 Å². The van der Waals surface area contributed by atoms with Crippen LogP contribution in [0.5, 0.6) is 0 Å². The van der Waals surface area contributed by atoms with Gasteiger partial charge in [0.1, 0.15) is 23.8 Å². The average molecular weight is 351 g/mol. The number of rotatable bonds is 6. The minimum Gasteiger partial charge on any atom is -0.460 e. The normalized spacial score (nSPS) is 13.6. The standard InChI is InChI=1S/C18H20F2NO2P/c1-11(21-24)18(22)23-12(2)17(13-3-7-15(19)8-4-13)14-5-9-16(20)10-6-14/h3-12,17,21H,24H2,1-2H3/t11-,12+/m1/s1. The average Bonchev–Trinajstić information content (AvgIpc) is 2.57. The first-order valence-corrected chi connectivity index (χ1v) is 8.17. The van der Waals surface area contributed by atoms with Gasteiger partial charge in [0, 0.05) is 5.92 Å². The molecule has 2 aromatic rings. The van der Waals surface area contributed by atoms with Gasteiger partial charge in [0.15, 0.2) is 0 Å². The van der Waals surface area contributed by atoms with E-state index in [-0.39, 0.29) is 17.6 Å². The number of ether oxygens (including phenoxy) is 1. The van der Waals surface area contributed by atoms with E-state index in [1.54, 1.807) is 38.1 Å². The zero-order valence-corrected chi connectivity index (χ0v) is 14.7. The topological polar surface area (TPSA) is 38.3 Å². The Hall–Kier alpha value is -1.84. The number of esters is 1. The lowest BCUT2D eigenvalue weighted by Crippen LogP contribution is -2.33. The zero-order chi connectivity index (χ0) is 17.7. The number of hydrogen-bond donors (Lipinski definition) is 1. The van der Waals surface area contributed by atoms with E-state index in [4.69, 9.17) is 4.74 Å². The van der Waals surface area contributed by atoms with Gasteiger partial charge in [-0.15, -0.1) is 0 Å². The molecule has 0 fully saturated rings. The molecule has 1 unspecified atom stereocenters. The predicted octanol–water partition coefficient (Wildman–Crippen LogP) is 3.80. The first-order valence-electron chi connectivity index (χ1n) is 7.60. The highest BCUT2D eigenvalue weighted by Crippen LogP contribution is 2.30. The lowest BCUT2D eigenvalue weighted by Gasteiger charge is -2.26. The van der Waals surface area contributed by atoms with Gasteiger partial charge in [-0.1, -0.05) is 33.7 Å². The van der Waals surface area contributed by atoms with E-state index in [1.807, 2.05) is 0 Å². The maximum Gasteiger partial charge on any atom is 0.323 e. The fourth-order valence-corrected chi connectivity index (χ4v) is 2.63. The van der Waals surface area contributed by atoms with Crippen LogP contribution >= 0.6 is 9.39 Å². The molecule has 2 aromatic carbocycles. The molecule has 3 atom stereocenters. The highest BCUT2D eigenvalue weighted by molar-refractivity contribution is 7.13. The van der Waals surface area contributed by atoms with E-state index in [9.17, 15) is 13.6 Å². The van der Waals surface area contributed by atoms with Crippen LogP contribution in [0.1, 0.15) is 30.9 Å². The second-order valence-corrected chi connectivity index (χ2v) is 5.94. The molecule has 0 aliphatic rings. The smallest absolute Gasteiger partial charge is 0.323 e. The van der Waals surface area contributed by atoms with Crippen molar-refractivity contribution in [3.05, 3.63) is 71.3 Å². The van der Waals surface area contributed by atoms with E-state index in [0.29, 0.717) is 0 Å². The highest BCUT2D eigenvalue weighted by Gasteiger charge is 2.26. The van der Waals surface area contributed by atoms with E-state index >= 15 is 0 Å². The van der Waals surface area contributed by atoms with Gasteiger partial charge in [-0.25, -0.2) is 8.78 Å². The number of hydrogen-bond acceptors (Lipinski definition) is 3. The molecule has 0 aliphatic heterocycles. The Balaban J connectivity index is 2.33. The quantitative estimate of drug-likeness (QED) is 0.636. The molecule has 0 heterocycles. The third-order valence-electron chi connectivity index (χ3n) is 3.83. The number of carbonyl (C=O) groups is 1. The zero-order valence-electron chi connectivity index (χ0n) is 13.5. The van der Waals surface area contributed by atoms with Gasteiger partial charge < -0.3 is 4.74 Å². The second-order valence-electron chi connectivity index (χ2n) is 5.61. The van der Waals surface area contributed by atoms with E-state index in [2.05, 4.69) is 14.5 Å². The summed E-state index contributed by atoms with van der Waals surface area (Å²) in [4.78, 5) is 12.0. The minimum absolute atomic E-state index is 0.327. The van der Waals surface area contributed by atoms with Crippen molar-refractivity contribution < 1.29 is 18.3 Å². The molecule has 0 saturated carbocycles. The molecule has 0 spiro atoms. The third kappa shape index (κ3) is 4.59. The second kappa shape index (κ2) is 8.32. The van der Waals surface area contributed by atoms with Crippen LogP contribution in [0.3, 0.4) is 0 Å². The van der Waals surface area contributed by atoms with Gasteiger partial charge in [-0.05, 0) is 49.2 Å². The first-order chi connectivity index (χ1) is 11.4. The summed E-state index contributed by atoms with van der Waals surface area (Å²) >= 11 is 0. The van der Waals surface area contributed by atoms with E-state index in [0.717, 1.165) is 11.1 Å². The predicted molar refractivity (Wildman–Crippen MR) is 92.5 cm³/mol. The summed E-state index contributed by atoms with van der Waals surface area (Å²) in [5.74, 6) is -1.41. The molecule has 0 aliphatic carbocycles. The van der Waals surface area contributed by atoms with Crippen molar-refractivity contribution in [2.24, 2.45) is 0 Å². The van der Waals surface area contributed by atoms with Crippen molar-refractivity contribution in [3.8, 4) is 0 Å². The third-order valence-corrected chi connectivity index (χ3v) is 4.33. The number of halogens is 2. The van der Waals surface area contributed by atoms with Crippen LogP contribution in [-0.2, 0) is 9.53 Å². The molecule has 128 valence electrons. The fraction of sp³-hybridized carbons (Fsp3) is 0.278. The maximum atomic E-state index is 13.2. The van der Waals surface area contributed by atoms with Crippen molar-refractivity contribution in [3.63, 3.8) is 0 Å². The fourth-order valence-electron chi connectivity index (χ4n) is 2.50. The molecule has 0 amide bonds. The van der Waals surface area contributed by atoms with Crippen molar-refractivity contribution in [1.29, 1.82) is 0 Å². The molecular weight excluding hydrogens is 331 g/mol. The SMILES string of the molecule is C[C@H](OC(=O)[C@@H](C)NP)C(c1ccc(F)cc1)c1ccc(F)cc1. The van der Waals surface area contributed by atoms with E-state index < -0.39 is 18.1 Å². The van der Waals surface area contributed by atoms with Gasteiger partial charge in [0.25, 0.3) is 0 Å². The first kappa shape index (κ1) is 18.5. The summed E-state index contributed by atoms with van der Waals surface area (Å²) in [6, 6.07) is 11.5. The maximum absolute atomic E-state index is 13.2. The van der Waals surface area contributed by atoms with Crippen LogP contribution in [0.25, 0.3) is 0 Å². The molecule has 6 heteroatoms. The Morgan fingerprint density at radius 3 is 1.75 bits per heavy atom. The summed E-state index contributed by atoms with van der Waals surface area (Å²) in [5.41, 5.74) is 1.57. The Labute approximate surface area is 142 Å². The van der Waals surface area contributed by atoms with Crippen molar-refractivity contribution >= 4 is 15.4 Å². The summed E-state index contributed by atoms with van der Waals surface area (Å²) in [7, 11) is 2.27. The summed E-state index contributed by atoms with van der Waals surface area (Å²) < 4.78 is 32.0. The molecule has 0 radical (unpaired) electrons. The Morgan fingerprint density at radius 2 is 1.38 bits per heavy atom. The number of nitrogens with one attached hydrogen (secondary N) is 1. The molecule has 0 bridgehead atoms. The molecule has 0 aromatic heterocycles. The Bertz CT molecular complexity index is 631. The van der Waals surface area contributed by atoms with E-state index in [1.165, 1.54) is 24.3 Å². The summed E-state index contributed by atoms with van der Waals surface area (Å²) in [6.07, 6.45) is -0.505. The molecule has 24 heavy (non-hydrogen) atoms. The van der Waals surface area contributed by atoms with Crippen LogP contribution in [0, 0.1) is 11.6 Å². The molecular formula is C18H20F2NO2P. The molecule has 1 N–H and O–H groups in total. The van der Waals surface area contributed by atoms with Crippen LogP contribution in [0.4, 0.5) is 8.78 Å². The van der Waals surface area contributed by atoms with Gasteiger partial charge >= 0.3 is 5.97 Å². The van der Waals surface area contributed by atoms with Gasteiger partial charge in [0.2, 0.25) is 0 Å². The van der Waals surface area contributed by atoms with Gasteiger partial charge in [-0.2, -0.15) is 0 Å². The van der Waals surface area contributed by atoms with Gasteiger partial charge in [-0.3, -0.25) is 9.88 Å². The largest absolute Gasteiger partial charge is 0.460 e. The monoisotopic (exact) mass is 351 g/mol. The van der Waals surface area contributed by atoms with Crippen LogP contribution in [-0.4, -0.2) is 18.1 Å². The van der Waals surface area contributed by atoms with Crippen molar-refractivity contribution in [2.75, 3.05) is 0 Å². The summed E-state index contributed by atoms with van der Waals surface area (Å²) in [6.45, 7) is 3.46.